The van der Waals surface area contributed by atoms with Crippen molar-refractivity contribution in [3.05, 3.63) is 66.5 Å². The summed E-state index contributed by atoms with van der Waals surface area (Å²) in [6.07, 6.45) is 1.68. The first-order chi connectivity index (χ1) is 10.3. The average molecular weight is 279 g/mol. The van der Waals surface area contributed by atoms with Crippen molar-refractivity contribution in [3.8, 4) is 17.1 Å². The molecule has 0 aliphatic carbocycles. The third kappa shape index (κ3) is 2.53. The molecule has 0 amide bonds. The molecule has 5 heteroatoms. The Morgan fingerprint density at radius 1 is 1.10 bits per heavy atom. The summed E-state index contributed by atoms with van der Waals surface area (Å²) in [6.45, 7) is 0. The third-order valence-electron chi connectivity index (χ3n) is 3.04. The van der Waals surface area contributed by atoms with Crippen LogP contribution in [0.3, 0.4) is 0 Å². The van der Waals surface area contributed by atoms with Gasteiger partial charge in [-0.25, -0.2) is 14.5 Å². The predicted molar refractivity (Wildman–Crippen MR) is 78.1 cm³/mol. The molecule has 0 fully saturated rings. The zero-order valence-corrected chi connectivity index (χ0v) is 11.4. The fourth-order valence-electron chi connectivity index (χ4n) is 2.05. The number of rotatable bonds is 3. The molecule has 0 aliphatic heterocycles. The molecule has 0 unspecified atom stereocenters. The molecular formula is C16H13N3O2. The fourth-order valence-corrected chi connectivity index (χ4v) is 2.05. The molecule has 5 nitrogen and oxygen atoms in total. The van der Waals surface area contributed by atoms with Crippen LogP contribution in [0.2, 0.25) is 0 Å². The van der Waals surface area contributed by atoms with E-state index in [4.69, 9.17) is 4.74 Å². The summed E-state index contributed by atoms with van der Waals surface area (Å²) in [5, 5.41) is 4.31. The number of benzene rings is 1. The Labute approximate surface area is 121 Å². The SMILES string of the molecule is COC(=O)c1cc(-c2ccccc2)n(-c2ccccn2)n1. The largest absolute Gasteiger partial charge is 0.464 e. The summed E-state index contributed by atoms with van der Waals surface area (Å²) in [4.78, 5) is 16.0. The smallest absolute Gasteiger partial charge is 0.358 e. The van der Waals surface area contributed by atoms with Gasteiger partial charge in [-0.05, 0) is 18.2 Å². The van der Waals surface area contributed by atoms with E-state index in [0.717, 1.165) is 11.3 Å². The minimum absolute atomic E-state index is 0.252. The highest BCUT2D eigenvalue weighted by atomic mass is 16.5. The molecular weight excluding hydrogens is 266 g/mol. The second-order valence-electron chi connectivity index (χ2n) is 4.37. The molecule has 2 aromatic heterocycles. The maximum atomic E-state index is 11.7. The molecule has 0 bridgehead atoms. The summed E-state index contributed by atoms with van der Waals surface area (Å²) in [5.74, 6) is 0.174. The molecule has 104 valence electrons. The number of aromatic nitrogens is 3. The Balaban J connectivity index is 2.18. The van der Waals surface area contributed by atoms with E-state index in [1.165, 1.54) is 7.11 Å². The van der Waals surface area contributed by atoms with Crippen LogP contribution >= 0.6 is 0 Å². The first kappa shape index (κ1) is 13.1. The van der Waals surface area contributed by atoms with Crippen molar-refractivity contribution in [3.63, 3.8) is 0 Å². The molecule has 21 heavy (non-hydrogen) atoms. The predicted octanol–water partition coefficient (Wildman–Crippen LogP) is 2.72. The van der Waals surface area contributed by atoms with Crippen molar-refractivity contribution in [2.45, 2.75) is 0 Å². The van der Waals surface area contributed by atoms with Crippen LogP contribution in [0, 0.1) is 0 Å². The van der Waals surface area contributed by atoms with Crippen molar-refractivity contribution in [2.24, 2.45) is 0 Å². The number of hydrogen-bond donors (Lipinski definition) is 0. The van der Waals surface area contributed by atoms with Gasteiger partial charge in [0.15, 0.2) is 11.5 Å². The summed E-state index contributed by atoms with van der Waals surface area (Å²) < 4.78 is 6.38. The molecule has 3 aromatic rings. The molecule has 0 radical (unpaired) electrons. The molecule has 3 rings (SSSR count). The summed E-state index contributed by atoms with van der Waals surface area (Å²) in [6, 6.07) is 17.0. The van der Waals surface area contributed by atoms with Gasteiger partial charge in [0.2, 0.25) is 0 Å². The zero-order valence-electron chi connectivity index (χ0n) is 11.4. The molecule has 0 atom stereocenters. The van der Waals surface area contributed by atoms with Gasteiger partial charge in [0.25, 0.3) is 0 Å². The Bertz CT molecular complexity index is 695. The molecule has 0 N–H and O–H groups in total. The number of ether oxygens (including phenoxy) is 1. The van der Waals surface area contributed by atoms with E-state index in [-0.39, 0.29) is 5.69 Å². The summed E-state index contributed by atoms with van der Waals surface area (Å²) >= 11 is 0. The number of carbonyl (C=O) groups excluding carboxylic acids is 1. The van der Waals surface area contributed by atoms with Crippen LogP contribution in [0.15, 0.2) is 60.8 Å². The van der Waals surface area contributed by atoms with Crippen LogP contribution < -0.4 is 0 Å². The zero-order chi connectivity index (χ0) is 14.7. The highest BCUT2D eigenvalue weighted by Gasteiger charge is 2.17. The average Bonchev–Trinajstić information content (AvgIpc) is 3.01. The topological polar surface area (TPSA) is 57.0 Å². The van der Waals surface area contributed by atoms with Crippen LogP contribution in [0.5, 0.6) is 0 Å². The van der Waals surface area contributed by atoms with Crippen molar-refractivity contribution in [1.82, 2.24) is 14.8 Å². The highest BCUT2D eigenvalue weighted by molar-refractivity contribution is 5.88. The Morgan fingerprint density at radius 2 is 1.86 bits per heavy atom. The van der Waals surface area contributed by atoms with Gasteiger partial charge in [-0.15, -0.1) is 0 Å². The van der Waals surface area contributed by atoms with Crippen LogP contribution in [-0.4, -0.2) is 27.8 Å². The van der Waals surface area contributed by atoms with Gasteiger partial charge in [0.1, 0.15) is 0 Å². The Hall–Kier alpha value is -2.95. The standard InChI is InChI=1S/C16H13N3O2/c1-21-16(20)13-11-14(12-7-3-2-4-8-12)19(18-13)15-9-5-6-10-17-15/h2-11H,1H3. The lowest BCUT2D eigenvalue weighted by Crippen LogP contribution is -2.05. The van der Waals surface area contributed by atoms with Crippen molar-refractivity contribution in [1.29, 1.82) is 0 Å². The van der Waals surface area contributed by atoms with Gasteiger partial charge >= 0.3 is 5.97 Å². The lowest BCUT2D eigenvalue weighted by atomic mass is 10.1. The van der Waals surface area contributed by atoms with Gasteiger partial charge in [0, 0.05) is 11.8 Å². The minimum atomic E-state index is -0.470. The van der Waals surface area contributed by atoms with E-state index in [9.17, 15) is 4.79 Å². The number of methoxy groups -OCH3 is 1. The minimum Gasteiger partial charge on any atom is -0.464 e. The normalized spacial score (nSPS) is 10.3. The second kappa shape index (κ2) is 5.58. The molecule has 0 saturated heterocycles. The van der Waals surface area contributed by atoms with E-state index in [2.05, 4.69) is 10.1 Å². The van der Waals surface area contributed by atoms with Gasteiger partial charge in [-0.3, -0.25) is 0 Å². The molecule has 2 heterocycles. The van der Waals surface area contributed by atoms with E-state index >= 15 is 0 Å². The Morgan fingerprint density at radius 3 is 2.52 bits per heavy atom. The quantitative estimate of drug-likeness (QED) is 0.692. The fraction of sp³-hybridized carbons (Fsp3) is 0.0625. The molecule has 1 aromatic carbocycles. The van der Waals surface area contributed by atoms with Gasteiger partial charge < -0.3 is 4.74 Å². The number of hydrogen-bond acceptors (Lipinski definition) is 4. The molecule has 0 saturated carbocycles. The van der Waals surface area contributed by atoms with Crippen molar-refractivity contribution in [2.75, 3.05) is 7.11 Å². The third-order valence-corrected chi connectivity index (χ3v) is 3.04. The molecule has 0 aliphatic rings. The van der Waals surface area contributed by atoms with Crippen LogP contribution in [0.25, 0.3) is 17.1 Å². The number of nitrogens with zero attached hydrogens (tertiary/aromatic N) is 3. The summed E-state index contributed by atoms with van der Waals surface area (Å²) in [5.41, 5.74) is 1.99. The van der Waals surface area contributed by atoms with E-state index < -0.39 is 5.97 Å². The van der Waals surface area contributed by atoms with Crippen LogP contribution in [0.4, 0.5) is 0 Å². The monoisotopic (exact) mass is 279 g/mol. The lowest BCUT2D eigenvalue weighted by Gasteiger charge is -2.05. The first-order valence-electron chi connectivity index (χ1n) is 6.45. The van der Waals surface area contributed by atoms with Crippen LogP contribution in [-0.2, 0) is 4.74 Å². The maximum absolute atomic E-state index is 11.7. The second-order valence-corrected chi connectivity index (χ2v) is 4.37. The summed E-state index contributed by atoms with van der Waals surface area (Å²) in [7, 11) is 1.34. The van der Waals surface area contributed by atoms with Crippen LogP contribution in [0.1, 0.15) is 10.5 Å². The van der Waals surface area contributed by atoms with Crippen molar-refractivity contribution >= 4 is 5.97 Å². The number of esters is 1. The number of pyridine rings is 1. The van der Waals surface area contributed by atoms with Gasteiger partial charge in [-0.1, -0.05) is 36.4 Å². The Kier molecular flexibility index (Phi) is 3.47. The lowest BCUT2D eigenvalue weighted by molar-refractivity contribution is 0.0593. The molecule has 0 spiro atoms. The van der Waals surface area contributed by atoms with E-state index in [1.54, 1.807) is 16.9 Å². The first-order valence-corrected chi connectivity index (χ1v) is 6.45. The van der Waals surface area contributed by atoms with E-state index in [0.29, 0.717) is 5.82 Å². The van der Waals surface area contributed by atoms with Gasteiger partial charge in [-0.2, -0.15) is 5.10 Å². The number of carbonyl (C=O) groups is 1. The van der Waals surface area contributed by atoms with E-state index in [1.807, 2.05) is 48.5 Å². The van der Waals surface area contributed by atoms with Crippen molar-refractivity contribution < 1.29 is 9.53 Å². The van der Waals surface area contributed by atoms with Gasteiger partial charge in [0.05, 0.1) is 12.8 Å². The maximum Gasteiger partial charge on any atom is 0.358 e. The highest BCUT2D eigenvalue weighted by Crippen LogP contribution is 2.23.